The van der Waals surface area contributed by atoms with E-state index in [0.717, 1.165) is 5.56 Å². The van der Waals surface area contributed by atoms with E-state index in [0.29, 0.717) is 22.4 Å². The van der Waals surface area contributed by atoms with E-state index in [1.54, 1.807) is 42.5 Å². The van der Waals surface area contributed by atoms with Crippen molar-refractivity contribution in [3.8, 4) is 6.07 Å². The Kier molecular flexibility index (Phi) is 4.02. The molecule has 0 saturated carbocycles. The molecule has 0 spiro atoms. The molecular formula is C16H14N2O2. The van der Waals surface area contributed by atoms with Gasteiger partial charge in [0.1, 0.15) is 6.61 Å². The van der Waals surface area contributed by atoms with Gasteiger partial charge in [-0.15, -0.1) is 0 Å². The number of ether oxygens (including phenoxy) is 1. The Morgan fingerprint density at radius 3 is 2.75 bits per heavy atom. The third-order valence-corrected chi connectivity index (χ3v) is 2.83. The van der Waals surface area contributed by atoms with Gasteiger partial charge in [-0.05, 0) is 36.8 Å². The predicted molar refractivity (Wildman–Crippen MR) is 75.9 cm³/mol. The Bertz CT molecular complexity index is 667. The first-order chi connectivity index (χ1) is 9.60. The fraction of sp³-hybridized carbons (Fsp3) is 0.125. The minimum atomic E-state index is -0.451. The van der Waals surface area contributed by atoms with Crippen molar-refractivity contribution in [2.45, 2.75) is 13.5 Å². The molecule has 0 atom stereocenters. The van der Waals surface area contributed by atoms with E-state index in [4.69, 9.17) is 15.7 Å². The molecule has 0 bridgehead atoms. The van der Waals surface area contributed by atoms with Gasteiger partial charge in [0, 0.05) is 11.3 Å². The topological polar surface area (TPSA) is 76.1 Å². The lowest BCUT2D eigenvalue weighted by Crippen LogP contribution is -2.07. The summed E-state index contributed by atoms with van der Waals surface area (Å²) in [6.45, 7) is 1.93. The van der Waals surface area contributed by atoms with Crippen molar-refractivity contribution in [2.24, 2.45) is 0 Å². The van der Waals surface area contributed by atoms with Crippen LogP contribution in [0.2, 0.25) is 0 Å². The highest BCUT2D eigenvalue weighted by atomic mass is 16.5. The van der Waals surface area contributed by atoms with Crippen molar-refractivity contribution < 1.29 is 9.53 Å². The summed E-state index contributed by atoms with van der Waals surface area (Å²) in [4.78, 5) is 12.0. The summed E-state index contributed by atoms with van der Waals surface area (Å²) >= 11 is 0. The van der Waals surface area contributed by atoms with E-state index in [2.05, 4.69) is 6.07 Å². The summed E-state index contributed by atoms with van der Waals surface area (Å²) in [7, 11) is 0. The van der Waals surface area contributed by atoms with Gasteiger partial charge >= 0.3 is 5.97 Å². The lowest BCUT2D eigenvalue weighted by Gasteiger charge is -2.07. The van der Waals surface area contributed by atoms with Crippen molar-refractivity contribution in [2.75, 3.05) is 5.73 Å². The molecular weight excluding hydrogens is 252 g/mol. The minimum Gasteiger partial charge on any atom is -0.457 e. The van der Waals surface area contributed by atoms with Crippen molar-refractivity contribution in [3.63, 3.8) is 0 Å². The van der Waals surface area contributed by atoms with Crippen molar-refractivity contribution >= 4 is 11.7 Å². The molecule has 2 aromatic rings. The molecule has 20 heavy (non-hydrogen) atoms. The molecule has 2 aromatic carbocycles. The van der Waals surface area contributed by atoms with Crippen molar-refractivity contribution in [1.82, 2.24) is 0 Å². The van der Waals surface area contributed by atoms with Crippen LogP contribution in [0.3, 0.4) is 0 Å². The lowest BCUT2D eigenvalue weighted by molar-refractivity contribution is 0.0472. The monoisotopic (exact) mass is 266 g/mol. The Labute approximate surface area is 117 Å². The highest BCUT2D eigenvalue weighted by Crippen LogP contribution is 2.14. The van der Waals surface area contributed by atoms with Crippen LogP contribution >= 0.6 is 0 Å². The van der Waals surface area contributed by atoms with Crippen molar-refractivity contribution in [1.29, 1.82) is 5.26 Å². The molecule has 0 aliphatic carbocycles. The van der Waals surface area contributed by atoms with Crippen LogP contribution < -0.4 is 5.73 Å². The number of carbonyl (C=O) groups is 1. The first-order valence-electron chi connectivity index (χ1n) is 6.12. The molecule has 2 rings (SSSR count). The molecule has 4 nitrogen and oxygen atoms in total. The summed E-state index contributed by atoms with van der Waals surface area (Å²) in [5.41, 5.74) is 8.72. The maximum absolute atomic E-state index is 12.0. The molecule has 4 heteroatoms. The predicted octanol–water partition coefficient (Wildman–Crippen LogP) is 2.81. The quantitative estimate of drug-likeness (QED) is 0.684. The molecule has 0 aliphatic heterocycles. The van der Waals surface area contributed by atoms with E-state index in [-0.39, 0.29) is 6.61 Å². The third-order valence-electron chi connectivity index (χ3n) is 2.83. The molecule has 100 valence electrons. The first-order valence-corrected chi connectivity index (χ1v) is 6.12. The van der Waals surface area contributed by atoms with Crippen LogP contribution in [0.1, 0.15) is 27.0 Å². The van der Waals surface area contributed by atoms with Crippen LogP contribution in [0.5, 0.6) is 0 Å². The van der Waals surface area contributed by atoms with E-state index >= 15 is 0 Å². The summed E-state index contributed by atoms with van der Waals surface area (Å²) in [6, 6.07) is 14.2. The number of carbonyl (C=O) groups excluding carboxylic acids is 1. The third kappa shape index (κ3) is 3.15. The molecule has 2 N–H and O–H groups in total. The largest absolute Gasteiger partial charge is 0.457 e. The van der Waals surface area contributed by atoms with E-state index in [9.17, 15) is 4.79 Å². The first kappa shape index (κ1) is 13.6. The summed E-state index contributed by atoms with van der Waals surface area (Å²) in [6.07, 6.45) is 0. The zero-order valence-corrected chi connectivity index (χ0v) is 11.1. The fourth-order valence-corrected chi connectivity index (χ4v) is 1.91. The number of nitrogen functional groups attached to an aromatic ring is 1. The Hall–Kier alpha value is -2.80. The molecule has 0 heterocycles. The number of hydrogen-bond donors (Lipinski definition) is 1. The molecule has 0 unspecified atom stereocenters. The number of esters is 1. The number of anilines is 1. The number of nitrogens with zero attached hydrogens (tertiary/aromatic N) is 1. The Morgan fingerprint density at radius 1 is 1.30 bits per heavy atom. The summed E-state index contributed by atoms with van der Waals surface area (Å²) in [5.74, 6) is -0.451. The van der Waals surface area contributed by atoms with Crippen LogP contribution in [0.25, 0.3) is 0 Å². The van der Waals surface area contributed by atoms with E-state index in [1.165, 1.54) is 0 Å². The second kappa shape index (κ2) is 5.89. The van der Waals surface area contributed by atoms with Crippen LogP contribution in [-0.4, -0.2) is 5.97 Å². The fourth-order valence-electron chi connectivity index (χ4n) is 1.91. The minimum absolute atomic E-state index is 0.0659. The highest BCUT2D eigenvalue weighted by Gasteiger charge is 2.10. The Balaban J connectivity index is 2.11. The normalized spacial score (nSPS) is 9.80. The highest BCUT2D eigenvalue weighted by molar-refractivity contribution is 5.90. The zero-order valence-electron chi connectivity index (χ0n) is 11.1. The van der Waals surface area contributed by atoms with E-state index in [1.807, 2.05) is 6.92 Å². The number of hydrogen-bond acceptors (Lipinski definition) is 4. The number of nitrogens with two attached hydrogens (primary N) is 1. The molecule has 0 aliphatic rings. The summed E-state index contributed by atoms with van der Waals surface area (Å²) < 4.78 is 5.22. The van der Waals surface area contributed by atoms with Crippen molar-refractivity contribution in [3.05, 3.63) is 64.7 Å². The zero-order chi connectivity index (χ0) is 14.5. The summed E-state index contributed by atoms with van der Waals surface area (Å²) in [5, 5.41) is 8.97. The van der Waals surface area contributed by atoms with Gasteiger partial charge in [0.15, 0.2) is 0 Å². The van der Waals surface area contributed by atoms with Gasteiger partial charge in [-0.2, -0.15) is 5.26 Å². The van der Waals surface area contributed by atoms with Crippen LogP contribution in [0.15, 0.2) is 42.5 Å². The van der Waals surface area contributed by atoms with Gasteiger partial charge in [0.2, 0.25) is 0 Å². The number of nitriles is 1. The number of benzene rings is 2. The Morgan fingerprint density at radius 2 is 2.05 bits per heavy atom. The second-order valence-corrected chi connectivity index (χ2v) is 4.48. The van der Waals surface area contributed by atoms with E-state index < -0.39 is 5.97 Å². The maximum Gasteiger partial charge on any atom is 0.338 e. The van der Waals surface area contributed by atoms with Crippen LogP contribution in [0, 0.1) is 18.3 Å². The standard InChI is InChI=1S/C16H14N2O2/c1-11-6-14(8-15(18)7-11)16(19)20-10-13-5-3-2-4-12(13)9-17/h2-8H,10,18H2,1H3. The van der Waals surface area contributed by atoms with Crippen LogP contribution in [-0.2, 0) is 11.3 Å². The SMILES string of the molecule is Cc1cc(N)cc(C(=O)OCc2ccccc2C#N)c1. The molecule has 0 aromatic heterocycles. The van der Waals surface area contributed by atoms with Gasteiger partial charge in [-0.3, -0.25) is 0 Å². The molecule has 0 amide bonds. The van der Waals surface area contributed by atoms with Gasteiger partial charge in [0.25, 0.3) is 0 Å². The van der Waals surface area contributed by atoms with Gasteiger partial charge in [0.05, 0.1) is 17.2 Å². The smallest absolute Gasteiger partial charge is 0.338 e. The number of aryl methyl sites for hydroxylation is 1. The second-order valence-electron chi connectivity index (χ2n) is 4.48. The van der Waals surface area contributed by atoms with Gasteiger partial charge < -0.3 is 10.5 Å². The maximum atomic E-state index is 12.0. The van der Waals surface area contributed by atoms with Gasteiger partial charge in [-0.1, -0.05) is 18.2 Å². The average molecular weight is 266 g/mol. The van der Waals surface area contributed by atoms with Gasteiger partial charge in [-0.25, -0.2) is 4.79 Å². The average Bonchev–Trinajstić information content (AvgIpc) is 2.44. The lowest BCUT2D eigenvalue weighted by atomic mass is 10.1. The number of rotatable bonds is 3. The van der Waals surface area contributed by atoms with Crippen LogP contribution in [0.4, 0.5) is 5.69 Å². The molecule has 0 radical (unpaired) electrons. The molecule has 0 saturated heterocycles. The molecule has 0 fully saturated rings.